The molecule has 0 atom stereocenters. The van der Waals surface area contributed by atoms with E-state index in [1.165, 1.54) is 0 Å². The van der Waals surface area contributed by atoms with E-state index in [2.05, 4.69) is 34.4 Å². The Bertz CT molecular complexity index is 584. The van der Waals surface area contributed by atoms with Gasteiger partial charge in [-0.2, -0.15) is 0 Å². The summed E-state index contributed by atoms with van der Waals surface area (Å²) in [4.78, 5) is 20.5. The van der Waals surface area contributed by atoms with Crippen molar-refractivity contribution in [1.82, 2.24) is 9.97 Å². The number of hydrogen-bond donors (Lipinski definition) is 2. The average molecular weight is 284 g/mol. The molecule has 0 saturated heterocycles. The predicted octanol–water partition coefficient (Wildman–Crippen LogP) is 3.19. The van der Waals surface area contributed by atoms with Crippen molar-refractivity contribution in [1.29, 1.82) is 0 Å². The second-order valence-electron chi connectivity index (χ2n) is 5.19. The molecule has 0 radical (unpaired) electrons. The van der Waals surface area contributed by atoms with Gasteiger partial charge in [-0.05, 0) is 30.5 Å². The number of amides is 1. The first kappa shape index (κ1) is 15.0. The van der Waals surface area contributed by atoms with Crippen molar-refractivity contribution in [3.63, 3.8) is 0 Å². The Hall–Kier alpha value is -2.43. The number of nitrogens with one attached hydrogen (secondary N) is 2. The second-order valence-corrected chi connectivity index (χ2v) is 5.19. The lowest BCUT2D eigenvalue weighted by Gasteiger charge is -2.08. The molecule has 0 aliphatic carbocycles. The monoisotopic (exact) mass is 284 g/mol. The van der Waals surface area contributed by atoms with E-state index in [9.17, 15) is 4.79 Å². The van der Waals surface area contributed by atoms with Crippen LogP contribution in [0.25, 0.3) is 0 Å². The van der Waals surface area contributed by atoms with Gasteiger partial charge in [0, 0.05) is 18.4 Å². The smallest absolute Gasteiger partial charge is 0.274 e. The highest BCUT2D eigenvalue weighted by Crippen LogP contribution is 2.08. The summed E-state index contributed by atoms with van der Waals surface area (Å²) < 4.78 is 0. The minimum atomic E-state index is -0.240. The highest BCUT2D eigenvalue weighted by atomic mass is 16.1. The van der Waals surface area contributed by atoms with E-state index < -0.39 is 0 Å². The average Bonchev–Trinajstić information content (AvgIpc) is 2.48. The first-order valence-electron chi connectivity index (χ1n) is 7.08. The molecule has 1 aromatic heterocycles. The topological polar surface area (TPSA) is 66.9 Å². The van der Waals surface area contributed by atoms with Gasteiger partial charge in [-0.15, -0.1) is 0 Å². The number of para-hydroxylation sites is 1. The fourth-order valence-electron chi connectivity index (χ4n) is 1.76. The molecule has 0 spiro atoms. The van der Waals surface area contributed by atoms with Gasteiger partial charge in [-0.25, -0.2) is 9.97 Å². The van der Waals surface area contributed by atoms with E-state index in [1.807, 2.05) is 30.3 Å². The highest BCUT2D eigenvalue weighted by Gasteiger charge is 2.09. The Morgan fingerprint density at radius 2 is 1.95 bits per heavy atom. The molecule has 5 nitrogen and oxygen atoms in total. The molecule has 0 bridgehead atoms. The standard InChI is InChI=1S/C16H20N4O/c1-12(2)8-10-17-16-18-11-9-14(20-16)15(21)19-13-6-4-3-5-7-13/h3-7,9,11-12H,8,10H2,1-2H3,(H,19,21)(H,17,18,20). The summed E-state index contributed by atoms with van der Waals surface area (Å²) in [6.07, 6.45) is 2.62. The van der Waals surface area contributed by atoms with Crippen LogP contribution >= 0.6 is 0 Å². The number of nitrogens with zero attached hydrogens (tertiary/aromatic N) is 2. The lowest BCUT2D eigenvalue weighted by atomic mass is 10.1. The van der Waals surface area contributed by atoms with Crippen molar-refractivity contribution >= 4 is 17.5 Å². The van der Waals surface area contributed by atoms with E-state index >= 15 is 0 Å². The molecular formula is C16H20N4O. The largest absolute Gasteiger partial charge is 0.354 e. The van der Waals surface area contributed by atoms with Crippen LogP contribution in [0.4, 0.5) is 11.6 Å². The third-order valence-corrected chi connectivity index (χ3v) is 2.92. The quantitative estimate of drug-likeness (QED) is 0.855. The first-order chi connectivity index (χ1) is 10.1. The SMILES string of the molecule is CC(C)CCNc1nccc(C(=O)Nc2ccccc2)n1. The molecule has 1 aromatic carbocycles. The molecule has 1 amide bonds. The van der Waals surface area contributed by atoms with Crippen molar-refractivity contribution in [2.45, 2.75) is 20.3 Å². The Kier molecular flexibility index (Phi) is 5.26. The summed E-state index contributed by atoms with van der Waals surface area (Å²) in [5.41, 5.74) is 1.09. The fourth-order valence-corrected chi connectivity index (χ4v) is 1.76. The molecule has 0 aliphatic heterocycles. The van der Waals surface area contributed by atoms with Crippen LogP contribution in [0, 0.1) is 5.92 Å². The molecule has 0 unspecified atom stereocenters. The molecule has 2 N–H and O–H groups in total. The van der Waals surface area contributed by atoms with Crippen LogP contribution < -0.4 is 10.6 Å². The van der Waals surface area contributed by atoms with Crippen molar-refractivity contribution in [2.24, 2.45) is 5.92 Å². The van der Waals surface area contributed by atoms with Crippen LogP contribution in [0.3, 0.4) is 0 Å². The van der Waals surface area contributed by atoms with E-state index in [4.69, 9.17) is 0 Å². The van der Waals surface area contributed by atoms with Crippen molar-refractivity contribution in [2.75, 3.05) is 17.2 Å². The van der Waals surface area contributed by atoms with Crippen LogP contribution in [0.2, 0.25) is 0 Å². The van der Waals surface area contributed by atoms with E-state index in [0.29, 0.717) is 17.6 Å². The maximum Gasteiger partial charge on any atom is 0.274 e. The Morgan fingerprint density at radius 1 is 1.19 bits per heavy atom. The van der Waals surface area contributed by atoms with Crippen LogP contribution in [-0.2, 0) is 0 Å². The third-order valence-electron chi connectivity index (χ3n) is 2.92. The van der Waals surface area contributed by atoms with E-state index in [0.717, 1.165) is 18.7 Å². The Labute approximate surface area is 124 Å². The molecule has 5 heteroatoms. The number of carbonyl (C=O) groups excluding carboxylic acids is 1. The number of aromatic nitrogens is 2. The zero-order valence-corrected chi connectivity index (χ0v) is 12.3. The summed E-state index contributed by atoms with van der Waals surface area (Å²) in [7, 11) is 0. The van der Waals surface area contributed by atoms with Gasteiger partial charge in [0.15, 0.2) is 0 Å². The minimum absolute atomic E-state index is 0.240. The van der Waals surface area contributed by atoms with E-state index in [1.54, 1.807) is 12.3 Å². The molecule has 2 rings (SSSR count). The minimum Gasteiger partial charge on any atom is -0.354 e. The summed E-state index contributed by atoms with van der Waals surface area (Å²) in [5.74, 6) is 0.855. The van der Waals surface area contributed by atoms with Crippen molar-refractivity contribution in [3.8, 4) is 0 Å². The van der Waals surface area contributed by atoms with Gasteiger partial charge in [-0.1, -0.05) is 32.0 Å². The molecule has 2 aromatic rings. The van der Waals surface area contributed by atoms with E-state index in [-0.39, 0.29) is 5.91 Å². The van der Waals surface area contributed by atoms with Gasteiger partial charge in [-0.3, -0.25) is 4.79 Å². The van der Waals surface area contributed by atoms with Gasteiger partial charge in [0.2, 0.25) is 5.95 Å². The van der Waals surface area contributed by atoms with Gasteiger partial charge in [0.25, 0.3) is 5.91 Å². The lowest BCUT2D eigenvalue weighted by Crippen LogP contribution is -2.15. The zero-order chi connectivity index (χ0) is 15.1. The number of benzene rings is 1. The number of anilines is 2. The van der Waals surface area contributed by atoms with Crippen molar-refractivity contribution in [3.05, 3.63) is 48.3 Å². The second kappa shape index (κ2) is 7.38. The van der Waals surface area contributed by atoms with Gasteiger partial charge < -0.3 is 10.6 Å². The molecule has 21 heavy (non-hydrogen) atoms. The van der Waals surface area contributed by atoms with Gasteiger partial charge in [0.05, 0.1) is 0 Å². The number of rotatable bonds is 6. The fraction of sp³-hybridized carbons (Fsp3) is 0.312. The lowest BCUT2D eigenvalue weighted by molar-refractivity contribution is 0.102. The van der Waals surface area contributed by atoms with Gasteiger partial charge in [0.1, 0.15) is 5.69 Å². The molecule has 0 saturated carbocycles. The van der Waals surface area contributed by atoms with Gasteiger partial charge >= 0.3 is 0 Å². The Balaban J connectivity index is 1.98. The maximum atomic E-state index is 12.1. The molecule has 1 heterocycles. The number of carbonyl (C=O) groups is 1. The summed E-state index contributed by atoms with van der Waals surface area (Å²) in [6.45, 7) is 5.11. The number of hydrogen-bond acceptors (Lipinski definition) is 4. The molecular weight excluding hydrogens is 264 g/mol. The normalized spacial score (nSPS) is 10.4. The van der Waals surface area contributed by atoms with Crippen LogP contribution in [0.15, 0.2) is 42.6 Å². The zero-order valence-electron chi connectivity index (χ0n) is 12.3. The molecule has 0 fully saturated rings. The van der Waals surface area contributed by atoms with Crippen LogP contribution in [0.5, 0.6) is 0 Å². The third kappa shape index (κ3) is 4.87. The van der Waals surface area contributed by atoms with Crippen LogP contribution in [-0.4, -0.2) is 22.4 Å². The highest BCUT2D eigenvalue weighted by molar-refractivity contribution is 6.02. The Morgan fingerprint density at radius 3 is 2.67 bits per heavy atom. The maximum absolute atomic E-state index is 12.1. The summed E-state index contributed by atoms with van der Waals surface area (Å²) in [6, 6.07) is 10.9. The molecule has 110 valence electrons. The first-order valence-corrected chi connectivity index (χ1v) is 7.08. The summed E-state index contributed by atoms with van der Waals surface area (Å²) in [5, 5.41) is 5.94. The molecule has 0 aliphatic rings. The predicted molar refractivity (Wildman–Crippen MR) is 84.4 cm³/mol. The summed E-state index contributed by atoms with van der Waals surface area (Å²) >= 11 is 0. The van der Waals surface area contributed by atoms with Crippen molar-refractivity contribution < 1.29 is 4.79 Å². The van der Waals surface area contributed by atoms with Crippen LogP contribution in [0.1, 0.15) is 30.8 Å².